The Balaban J connectivity index is 1.88. The number of piperidine rings is 1. The fraction of sp³-hybridized carbons (Fsp3) is 0.417. The smallest absolute Gasteiger partial charge is 0.332 e. The topological polar surface area (TPSA) is 108 Å². The number of imidazole rings is 1. The third-order valence-electron chi connectivity index (χ3n) is 6.08. The van der Waals surface area contributed by atoms with Gasteiger partial charge < -0.3 is 15.2 Å². The zero-order valence-corrected chi connectivity index (χ0v) is 21.2. The first-order chi connectivity index (χ1) is 16.2. The number of hydrogen-bond acceptors (Lipinski definition) is 6. The van der Waals surface area contributed by atoms with Crippen LogP contribution in [0.25, 0.3) is 11.2 Å². The van der Waals surface area contributed by atoms with Crippen LogP contribution in [0, 0.1) is 0 Å². The van der Waals surface area contributed by atoms with E-state index in [1.165, 1.54) is 4.57 Å². The van der Waals surface area contributed by atoms with Gasteiger partial charge in [0.05, 0.1) is 6.54 Å². The maximum absolute atomic E-state index is 13.6. The highest BCUT2D eigenvalue weighted by molar-refractivity contribution is 9.10. The molecule has 3 aromatic rings. The van der Waals surface area contributed by atoms with Crippen LogP contribution in [0.5, 0.6) is 0 Å². The average molecular weight is 529 g/mol. The molecular formula is C24H29BrN6O3. The third kappa shape index (κ3) is 4.65. The minimum atomic E-state index is -0.574. The second-order valence-corrected chi connectivity index (χ2v) is 9.91. The van der Waals surface area contributed by atoms with Crippen LogP contribution in [-0.4, -0.2) is 43.6 Å². The van der Waals surface area contributed by atoms with Crippen LogP contribution in [0.2, 0.25) is 0 Å². The van der Waals surface area contributed by atoms with E-state index in [0.717, 1.165) is 34.0 Å². The van der Waals surface area contributed by atoms with Gasteiger partial charge >= 0.3 is 5.69 Å². The number of carbonyl (C=O) groups is 1. The number of benzene rings is 1. The van der Waals surface area contributed by atoms with Crippen LogP contribution < -0.4 is 21.9 Å². The standard InChI is InChI=1S/C24H29BrN6O3/c1-15(2)9-11-30-20-21(27-23(30)29-10-5-8-18(26)13-29)28(3)24(34)31(22(20)33)14-19(32)16-6-4-7-17(25)12-16/h4,6-7,9,12,18H,5,8,10-11,13-14,26H2,1-3H3. The summed E-state index contributed by atoms with van der Waals surface area (Å²) in [4.78, 5) is 46.5. The van der Waals surface area contributed by atoms with Gasteiger partial charge in [0, 0.05) is 42.8 Å². The molecule has 0 radical (unpaired) electrons. The van der Waals surface area contributed by atoms with Crippen molar-refractivity contribution in [2.24, 2.45) is 12.8 Å². The molecule has 0 saturated carbocycles. The van der Waals surface area contributed by atoms with E-state index in [-0.39, 0.29) is 18.4 Å². The minimum Gasteiger partial charge on any atom is -0.341 e. The molecule has 1 aliphatic rings. The van der Waals surface area contributed by atoms with Crippen molar-refractivity contribution in [3.8, 4) is 0 Å². The number of hydrogen-bond donors (Lipinski definition) is 1. The van der Waals surface area contributed by atoms with Crippen LogP contribution in [0.15, 0.2) is 50.0 Å². The summed E-state index contributed by atoms with van der Waals surface area (Å²) < 4.78 is 4.93. The number of allylic oxidation sites excluding steroid dienone is 2. The molecule has 1 aliphatic heterocycles. The molecule has 4 rings (SSSR count). The quantitative estimate of drug-likeness (QED) is 0.388. The Labute approximate surface area is 205 Å². The number of aryl methyl sites for hydroxylation is 1. The number of fused-ring (bicyclic) bond motifs is 1. The zero-order valence-electron chi connectivity index (χ0n) is 19.6. The van der Waals surface area contributed by atoms with Crippen LogP contribution in [0.1, 0.15) is 37.0 Å². The Morgan fingerprint density at radius 3 is 2.71 bits per heavy atom. The zero-order chi connectivity index (χ0) is 24.6. The predicted octanol–water partition coefficient (Wildman–Crippen LogP) is 2.44. The Morgan fingerprint density at radius 2 is 2.03 bits per heavy atom. The van der Waals surface area contributed by atoms with Gasteiger partial charge in [0.25, 0.3) is 5.56 Å². The highest BCUT2D eigenvalue weighted by Gasteiger charge is 2.26. The van der Waals surface area contributed by atoms with Crippen molar-refractivity contribution in [3.63, 3.8) is 0 Å². The van der Waals surface area contributed by atoms with E-state index < -0.39 is 11.2 Å². The number of halogens is 1. The lowest BCUT2D eigenvalue weighted by Gasteiger charge is -2.31. The predicted molar refractivity (Wildman–Crippen MR) is 137 cm³/mol. The Kier molecular flexibility index (Phi) is 6.90. The van der Waals surface area contributed by atoms with Crippen molar-refractivity contribution in [1.82, 2.24) is 18.7 Å². The van der Waals surface area contributed by atoms with Crippen molar-refractivity contribution < 1.29 is 4.79 Å². The van der Waals surface area contributed by atoms with Crippen LogP contribution in [-0.2, 0) is 20.1 Å². The van der Waals surface area contributed by atoms with Gasteiger partial charge in [-0.05, 0) is 38.8 Å². The summed E-state index contributed by atoms with van der Waals surface area (Å²) in [5.41, 5.74) is 7.23. The molecule has 1 unspecified atom stereocenters. The molecule has 2 N–H and O–H groups in total. The van der Waals surface area contributed by atoms with Gasteiger partial charge in [0.1, 0.15) is 0 Å². The molecule has 10 heteroatoms. The monoisotopic (exact) mass is 528 g/mol. The molecular weight excluding hydrogens is 500 g/mol. The molecule has 1 fully saturated rings. The molecule has 3 heterocycles. The summed E-state index contributed by atoms with van der Waals surface area (Å²) in [6.45, 7) is 5.44. The molecule has 180 valence electrons. The number of rotatable bonds is 6. The average Bonchev–Trinajstić information content (AvgIpc) is 3.19. The molecule has 34 heavy (non-hydrogen) atoms. The molecule has 0 spiro atoms. The maximum atomic E-state index is 13.6. The van der Waals surface area contributed by atoms with E-state index in [0.29, 0.717) is 35.8 Å². The molecule has 1 aromatic carbocycles. The summed E-state index contributed by atoms with van der Waals surface area (Å²) in [6.07, 6.45) is 3.88. The summed E-state index contributed by atoms with van der Waals surface area (Å²) in [5.74, 6) is 0.295. The SMILES string of the molecule is CC(C)=CCn1c(N2CCCC(N)C2)nc2c1c(=O)n(CC(=O)c1cccc(Br)c1)c(=O)n2C. The molecule has 1 atom stereocenters. The van der Waals surface area contributed by atoms with Crippen LogP contribution in [0.3, 0.4) is 0 Å². The van der Waals surface area contributed by atoms with E-state index in [9.17, 15) is 14.4 Å². The first kappa shape index (κ1) is 24.2. The number of aromatic nitrogens is 4. The molecule has 0 amide bonds. The van der Waals surface area contributed by atoms with Gasteiger partial charge in [0.15, 0.2) is 16.9 Å². The molecule has 0 bridgehead atoms. The lowest BCUT2D eigenvalue weighted by Crippen LogP contribution is -2.44. The van der Waals surface area contributed by atoms with E-state index in [4.69, 9.17) is 10.7 Å². The van der Waals surface area contributed by atoms with Crippen molar-refractivity contribution in [2.75, 3.05) is 18.0 Å². The summed E-state index contributed by atoms with van der Waals surface area (Å²) in [7, 11) is 1.58. The molecule has 1 saturated heterocycles. The Morgan fingerprint density at radius 1 is 1.26 bits per heavy atom. The summed E-state index contributed by atoms with van der Waals surface area (Å²) >= 11 is 3.35. The lowest BCUT2D eigenvalue weighted by molar-refractivity contribution is 0.0969. The fourth-order valence-electron chi connectivity index (χ4n) is 4.28. The van der Waals surface area contributed by atoms with E-state index >= 15 is 0 Å². The number of Topliss-reactive ketones (excluding diaryl/α,β-unsaturated/α-hetero) is 1. The maximum Gasteiger partial charge on any atom is 0.332 e. The summed E-state index contributed by atoms with van der Waals surface area (Å²) in [5, 5.41) is 0. The first-order valence-electron chi connectivity index (χ1n) is 11.3. The van der Waals surface area contributed by atoms with Gasteiger partial charge in [-0.1, -0.05) is 39.7 Å². The van der Waals surface area contributed by atoms with Crippen LogP contribution in [0.4, 0.5) is 5.95 Å². The summed E-state index contributed by atoms with van der Waals surface area (Å²) in [6, 6.07) is 6.91. The van der Waals surface area contributed by atoms with Crippen molar-refractivity contribution >= 4 is 38.8 Å². The number of ketones is 1. The van der Waals surface area contributed by atoms with Gasteiger partial charge in [-0.2, -0.15) is 4.98 Å². The highest BCUT2D eigenvalue weighted by Crippen LogP contribution is 2.23. The second kappa shape index (κ2) is 9.71. The number of carbonyl (C=O) groups excluding carboxylic acids is 1. The van der Waals surface area contributed by atoms with Gasteiger partial charge in [-0.3, -0.25) is 18.7 Å². The van der Waals surface area contributed by atoms with Gasteiger partial charge in [-0.15, -0.1) is 0 Å². The molecule has 2 aromatic heterocycles. The number of anilines is 1. The highest BCUT2D eigenvalue weighted by atomic mass is 79.9. The third-order valence-corrected chi connectivity index (χ3v) is 6.58. The molecule has 9 nitrogen and oxygen atoms in total. The Bertz CT molecular complexity index is 1400. The molecule has 0 aliphatic carbocycles. The first-order valence-corrected chi connectivity index (χ1v) is 12.1. The van der Waals surface area contributed by atoms with Gasteiger partial charge in [-0.25, -0.2) is 4.79 Å². The number of nitrogens with two attached hydrogens (primary N) is 1. The van der Waals surface area contributed by atoms with Crippen molar-refractivity contribution in [2.45, 2.75) is 45.8 Å². The van der Waals surface area contributed by atoms with Crippen molar-refractivity contribution in [1.29, 1.82) is 0 Å². The number of nitrogens with zero attached hydrogens (tertiary/aromatic N) is 5. The largest absolute Gasteiger partial charge is 0.341 e. The van der Waals surface area contributed by atoms with Crippen LogP contribution >= 0.6 is 15.9 Å². The minimum absolute atomic E-state index is 0.0220. The lowest BCUT2D eigenvalue weighted by atomic mass is 10.1. The van der Waals surface area contributed by atoms with E-state index in [1.807, 2.05) is 30.6 Å². The normalized spacial score (nSPS) is 16.1. The fourth-order valence-corrected chi connectivity index (χ4v) is 4.68. The van der Waals surface area contributed by atoms with Crippen molar-refractivity contribution in [3.05, 3.63) is 66.8 Å². The van der Waals surface area contributed by atoms with E-state index in [1.54, 1.807) is 25.2 Å². The van der Waals surface area contributed by atoms with E-state index in [2.05, 4.69) is 20.8 Å². The van der Waals surface area contributed by atoms with Gasteiger partial charge in [0.2, 0.25) is 5.95 Å². The Hall–Kier alpha value is -2.98. The second-order valence-electron chi connectivity index (χ2n) is 8.99.